The Balaban J connectivity index is 1.30. The summed E-state index contributed by atoms with van der Waals surface area (Å²) in [6.07, 6.45) is 1.51. The first kappa shape index (κ1) is 21.3. The normalized spacial score (nSPS) is 15.6. The molecule has 0 saturated carbocycles. The van der Waals surface area contributed by atoms with Crippen LogP contribution in [0.1, 0.15) is 28.1 Å². The molecule has 1 atom stereocenters. The number of carbonyl (C=O) groups is 3. The highest BCUT2D eigenvalue weighted by molar-refractivity contribution is 6.02. The van der Waals surface area contributed by atoms with Crippen LogP contribution >= 0.6 is 0 Å². The molecule has 1 saturated heterocycles. The smallest absolute Gasteiger partial charge is 0.291 e. The van der Waals surface area contributed by atoms with Gasteiger partial charge in [-0.1, -0.05) is 18.2 Å². The summed E-state index contributed by atoms with van der Waals surface area (Å²) >= 11 is 0. The lowest BCUT2D eigenvalue weighted by atomic mass is 10.1. The molecule has 1 unspecified atom stereocenters. The maximum Gasteiger partial charge on any atom is 0.291 e. The third-order valence-corrected chi connectivity index (χ3v) is 5.39. The summed E-state index contributed by atoms with van der Waals surface area (Å²) in [6, 6.07) is 14.9. The van der Waals surface area contributed by atoms with Crippen molar-refractivity contribution in [3.63, 3.8) is 0 Å². The Labute approximate surface area is 184 Å². The number of hydrogen-bond acceptors (Lipinski definition) is 4. The lowest BCUT2D eigenvalue weighted by Crippen LogP contribution is -2.32. The standard InChI is InChI=1S/C24H22FN3O4/c1-15-4-9-19(12-20(15)25)28-14-17(11-22(28)29)23(30)26-13-16-5-7-18(8-6-16)27-24(31)21-3-2-10-32-21/h2-10,12,17H,11,13-14H2,1H3,(H,26,30)(H,27,31). The van der Waals surface area contributed by atoms with E-state index in [1.54, 1.807) is 55.5 Å². The van der Waals surface area contributed by atoms with E-state index in [9.17, 15) is 18.8 Å². The number of hydrogen-bond donors (Lipinski definition) is 2. The van der Waals surface area contributed by atoms with Gasteiger partial charge in [-0.05, 0) is 54.4 Å². The van der Waals surface area contributed by atoms with Crippen molar-refractivity contribution < 1.29 is 23.2 Å². The highest BCUT2D eigenvalue weighted by Gasteiger charge is 2.35. The zero-order chi connectivity index (χ0) is 22.7. The summed E-state index contributed by atoms with van der Waals surface area (Å²) in [5.41, 5.74) is 2.40. The van der Waals surface area contributed by atoms with Crippen molar-refractivity contribution in [2.75, 3.05) is 16.8 Å². The molecule has 0 radical (unpaired) electrons. The molecular weight excluding hydrogens is 413 g/mol. The largest absolute Gasteiger partial charge is 0.459 e. The zero-order valence-electron chi connectivity index (χ0n) is 17.4. The van der Waals surface area contributed by atoms with Crippen LogP contribution in [0.4, 0.5) is 15.8 Å². The first-order valence-electron chi connectivity index (χ1n) is 10.2. The number of furan rings is 1. The van der Waals surface area contributed by atoms with E-state index in [1.807, 2.05) is 0 Å². The van der Waals surface area contributed by atoms with Crippen molar-refractivity contribution in [1.29, 1.82) is 0 Å². The van der Waals surface area contributed by atoms with Gasteiger partial charge in [-0.25, -0.2) is 4.39 Å². The van der Waals surface area contributed by atoms with Gasteiger partial charge in [0.15, 0.2) is 5.76 Å². The number of benzene rings is 2. The fourth-order valence-electron chi connectivity index (χ4n) is 3.52. The molecule has 2 heterocycles. The van der Waals surface area contributed by atoms with E-state index in [4.69, 9.17) is 4.42 Å². The molecule has 1 aliphatic rings. The van der Waals surface area contributed by atoms with Gasteiger partial charge in [0.1, 0.15) is 5.82 Å². The highest BCUT2D eigenvalue weighted by atomic mass is 19.1. The predicted molar refractivity (Wildman–Crippen MR) is 117 cm³/mol. The summed E-state index contributed by atoms with van der Waals surface area (Å²) in [4.78, 5) is 38.4. The molecule has 32 heavy (non-hydrogen) atoms. The molecule has 7 nitrogen and oxygen atoms in total. The molecule has 0 bridgehead atoms. The van der Waals surface area contributed by atoms with E-state index in [0.717, 1.165) is 5.56 Å². The van der Waals surface area contributed by atoms with Crippen molar-refractivity contribution in [3.8, 4) is 0 Å². The van der Waals surface area contributed by atoms with Crippen LogP contribution in [0.3, 0.4) is 0 Å². The topological polar surface area (TPSA) is 91.7 Å². The SMILES string of the molecule is Cc1ccc(N2CC(C(=O)NCc3ccc(NC(=O)c4ccco4)cc3)CC2=O)cc1F. The third-order valence-electron chi connectivity index (χ3n) is 5.39. The number of anilines is 2. The second-order valence-electron chi connectivity index (χ2n) is 7.69. The number of carbonyl (C=O) groups excluding carboxylic acids is 3. The minimum atomic E-state index is -0.501. The minimum absolute atomic E-state index is 0.0824. The number of amides is 3. The minimum Gasteiger partial charge on any atom is -0.459 e. The van der Waals surface area contributed by atoms with Gasteiger partial charge in [0.05, 0.1) is 12.2 Å². The maximum atomic E-state index is 13.8. The summed E-state index contributed by atoms with van der Waals surface area (Å²) in [5.74, 6) is -1.45. The first-order chi connectivity index (χ1) is 15.4. The van der Waals surface area contributed by atoms with E-state index in [1.165, 1.54) is 17.2 Å². The van der Waals surface area contributed by atoms with Gasteiger partial charge in [0, 0.05) is 30.9 Å². The van der Waals surface area contributed by atoms with E-state index in [0.29, 0.717) is 16.9 Å². The van der Waals surface area contributed by atoms with E-state index < -0.39 is 5.92 Å². The lowest BCUT2D eigenvalue weighted by Gasteiger charge is -2.17. The van der Waals surface area contributed by atoms with E-state index in [-0.39, 0.29) is 48.8 Å². The molecule has 164 valence electrons. The molecule has 1 fully saturated rings. The van der Waals surface area contributed by atoms with Crippen molar-refractivity contribution >= 4 is 29.1 Å². The molecule has 2 aromatic carbocycles. The van der Waals surface area contributed by atoms with Gasteiger partial charge in [0.25, 0.3) is 5.91 Å². The molecule has 4 rings (SSSR count). The fraction of sp³-hybridized carbons (Fsp3) is 0.208. The van der Waals surface area contributed by atoms with Crippen LogP contribution in [-0.4, -0.2) is 24.3 Å². The molecule has 0 aliphatic carbocycles. The van der Waals surface area contributed by atoms with Gasteiger partial charge >= 0.3 is 0 Å². The lowest BCUT2D eigenvalue weighted by molar-refractivity contribution is -0.126. The van der Waals surface area contributed by atoms with Crippen LogP contribution in [0.5, 0.6) is 0 Å². The molecule has 0 spiro atoms. The molecule has 3 aromatic rings. The molecule has 1 aliphatic heterocycles. The highest BCUT2D eigenvalue weighted by Crippen LogP contribution is 2.26. The molecule has 1 aromatic heterocycles. The summed E-state index contributed by atoms with van der Waals surface area (Å²) < 4.78 is 18.9. The Bertz CT molecular complexity index is 1140. The van der Waals surface area contributed by atoms with Crippen LogP contribution in [0, 0.1) is 18.7 Å². The van der Waals surface area contributed by atoms with Crippen molar-refractivity contribution in [2.24, 2.45) is 5.92 Å². The second-order valence-corrected chi connectivity index (χ2v) is 7.69. The predicted octanol–water partition coefficient (Wildman–Crippen LogP) is 3.65. The molecular formula is C24H22FN3O4. The van der Waals surface area contributed by atoms with Gasteiger partial charge in [0.2, 0.25) is 11.8 Å². The summed E-state index contributed by atoms with van der Waals surface area (Å²) in [7, 11) is 0. The summed E-state index contributed by atoms with van der Waals surface area (Å²) in [6.45, 7) is 2.15. The number of halogens is 1. The van der Waals surface area contributed by atoms with Gasteiger partial charge in [-0.2, -0.15) is 0 Å². The second kappa shape index (κ2) is 9.05. The third kappa shape index (κ3) is 4.69. The van der Waals surface area contributed by atoms with Crippen molar-refractivity contribution in [1.82, 2.24) is 5.32 Å². The zero-order valence-corrected chi connectivity index (χ0v) is 17.4. The number of rotatable bonds is 6. The quantitative estimate of drug-likeness (QED) is 0.618. The van der Waals surface area contributed by atoms with Crippen LogP contribution in [0.25, 0.3) is 0 Å². The van der Waals surface area contributed by atoms with Crippen molar-refractivity contribution in [3.05, 3.63) is 83.6 Å². The number of aryl methyl sites for hydroxylation is 1. The van der Waals surface area contributed by atoms with Gasteiger partial charge < -0.3 is 20.0 Å². The van der Waals surface area contributed by atoms with E-state index in [2.05, 4.69) is 10.6 Å². The monoisotopic (exact) mass is 435 g/mol. The van der Waals surface area contributed by atoms with Crippen LogP contribution in [0.15, 0.2) is 65.3 Å². The average molecular weight is 435 g/mol. The number of nitrogens with zero attached hydrogens (tertiary/aromatic N) is 1. The molecule has 2 N–H and O–H groups in total. The average Bonchev–Trinajstić information content (AvgIpc) is 3.45. The van der Waals surface area contributed by atoms with Gasteiger partial charge in [-0.3, -0.25) is 14.4 Å². The van der Waals surface area contributed by atoms with Gasteiger partial charge in [-0.15, -0.1) is 0 Å². The van der Waals surface area contributed by atoms with Crippen molar-refractivity contribution in [2.45, 2.75) is 19.9 Å². The Kier molecular flexibility index (Phi) is 6.02. The molecule has 8 heteroatoms. The van der Waals surface area contributed by atoms with Crippen LogP contribution < -0.4 is 15.5 Å². The van der Waals surface area contributed by atoms with Crippen LogP contribution in [-0.2, 0) is 16.1 Å². The molecule has 3 amide bonds. The fourth-order valence-corrected chi connectivity index (χ4v) is 3.52. The Morgan fingerprint density at radius 2 is 1.94 bits per heavy atom. The maximum absolute atomic E-state index is 13.8. The number of nitrogens with one attached hydrogen (secondary N) is 2. The summed E-state index contributed by atoms with van der Waals surface area (Å²) in [5, 5.41) is 5.57. The van der Waals surface area contributed by atoms with E-state index >= 15 is 0 Å². The van der Waals surface area contributed by atoms with Crippen LogP contribution in [0.2, 0.25) is 0 Å². The Morgan fingerprint density at radius 1 is 1.16 bits per heavy atom. The Hall–Kier alpha value is -3.94. The Morgan fingerprint density at radius 3 is 2.62 bits per heavy atom. The first-order valence-corrected chi connectivity index (χ1v) is 10.2.